The molecule has 12 heteroatoms. The molecule has 2 N–H and O–H groups in total. The highest BCUT2D eigenvalue weighted by molar-refractivity contribution is 6.13. The minimum atomic E-state index is -0.629. The molecule has 3 aliphatic rings. The smallest absolute Gasteiger partial charge is 0.259 e. The maximum absolute atomic E-state index is 14.2. The van der Waals surface area contributed by atoms with Crippen molar-refractivity contribution in [3.63, 3.8) is 0 Å². The second-order valence-electron chi connectivity index (χ2n) is 11.2. The third-order valence-corrected chi connectivity index (χ3v) is 8.34. The molecule has 0 saturated carbocycles. The van der Waals surface area contributed by atoms with Crippen LogP contribution in [0.3, 0.4) is 0 Å². The molecule has 3 aliphatic heterocycles. The molecule has 12 nitrogen and oxygen atoms in total. The minimum Gasteiger partial charge on any atom is -0.494 e. The van der Waals surface area contributed by atoms with Gasteiger partial charge >= 0.3 is 0 Å². The Morgan fingerprint density at radius 3 is 2.64 bits per heavy atom. The number of anilines is 6. The summed E-state index contributed by atoms with van der Waals surface area (Å²) >= 11 is 0. The Hall–Kier alpha value is -4.97. The van der Waals surface area contributed by atoms with Gasteiger partial charge in [-0.25, -0.2) is 4.98 Å². The molecule has 1 aromatic heterocycles. The highest BCUT2D eigenvalue weighted by atomic mass is 16.5. The zero-order chi connectivity index (χ0) is 30.8. The molecule has 228 valence electrons. The Bertz CT molecular complexity index is 1600. The summed E-state index contributed by atoms with van der Waals surface area (Å²) in [7, 11) is 3.73. The lowest BCUT2D eigenvalue weighted by molar-refractivity contribution is -0.123. The lowest BCUT2D eigenvalue weighted by Gasteiger charge is -2.34. The van der Waals surface area contributed by atoms with Crippen LogP contribution in [0.2, 0.25) is 0 Å². The Morgan fingerprint density at radius 2 is 1.86 bits per heavy atom. The fraction of sp³-hybridized carbons (Fsp3) is 0.344. The van der Waals surface area contributed by atoms with E-state index >= 15 is 0 Å². The van der Waals surface area contributed by atoms with Crippen molar-refractivity contribution in [3.8, 4) is 5.75 Å². The fourth-order valence-corrected chi connectivity index (χ4v) is 5.92. The monoisotopic (exact) mass is 596 g/mol. The summed E-state index contributed by atoms with van der Waals surface area (Å²) in [5.74, 6) is 0.0785. The van der Waals surface area contributed by atoms with Crippen molar-refractivity contribution >= 4 is 52.2 Å². The number of amides is 3. The van der Waals surface area contributed by atoms with Crippen LogP contribution in [0.5, 0.6) is 5.75 Å². The molecule has 44 heavy (non-hydrogen) atoms. The maximum Gasteiger partial charge on any atom is 0.259 e. The maximum atomic E-state index is 14.2. The molecule has 4 heterocycles. The highest BCUT2D eigenvalue weighted by Gasteiger charge is 2.42. The minimum absolute atomic E-state index is 0.173. The van der Waals surface area contributed by atoms with Crippen LogP contribution in [0.15, 0.2) is 61.3 Å². The van der Waals surface area contributed by atoms with Crippen molar-refractivity contribution in [2.45, 2.75) is 25.3 Å². The number of aromatic nitrogens is 2. The summed E-state index contributed by atoms with van der Waals surface area (Å²) in [6.45, 7) is 7.81. The number of benzene rings is 2. The molecule has 1 unspecified atom stereocenters. The van der Waals surface area contributed by atoms with Gasteiger partial charge in [0.25, 0.3) is 11.8 Å². The number of likely N-dealkylation sites (N-methyl/N-ethyl adjacent to an activating group) is 1. The van der Waals surface area contributed by atoms with Crippen LogP contribution >= 0.6 is 0 Å². The van der Waals surface area contributed by atoms with Crippen molar-refractivity contribution in [1.82, 2.24) is 19.8 Å². The lowest BCUT2D eigenvalue weighted by atomic mass is 10.0. The summed E-state index contributed by atoms with van der Waals surface area (Å²) in [5.41, 5.74) is 2.89. The molecule has 0 bridgehead atoms. The zero-order valence-electron chi connectivity index (χ0n) is 25.0. The van der Waals surface area contributed by atoms with Crippen LogP contribution in [-0.4, -0.2) is 90.4 Å². The fourth-order valence-electron chi connectivity index (χ4n) is 5.92. The van der Waals surface area contributed by atoms with Gasteiger partial charge in [-0.05, 0) is 62.7 Å². The number of hydrogen-bond donors (Lipinski definition) is 2. The summed E-state index contributed by atoms with van der Waals surface area (Å²) in [6.07, 6.45) is 4.85. The standard InChI is InChI=1S/C32H36N8O4/c1-4-28(41)34-21-8-7-9-23(18-21)40-29-24(30(42)39-13-6-5-10-26(39)31(40)43)20-33-32(36-29)35-25-12-11-22(19-27(25)44-3)38-16-14-37(2)15-17-38/h4,7-9,11-12,18-20,26H,1,5-6,10,13-17H2,2-3H3,(H,34,41)(H,33,35,36). The number of fused-ring (bicyclic) bond motifs is 2. The Kier molecular flexibility index (Phi) is 8.16. The number of carbonyl (C=O) groups is 3. The van der Waals surface area contributed by atoms with Gasteiger partial charge in [0.05, 0.1) is 18.5 Å². The highest BCUT2D eigenvalue weighted by Crippen LogP contribution is 2.38. The largest absolute Gasteiger partial charge is 0.494 e. The van der Waals surface area contributed by atoms with Crippen LogP contribution in [0.1, 0.15) is 29.6 Å². The van der Waals surface area contributed by atoms with Crippen molar-refractivity contribution < 1.29 is 19.1 Å². The second-order valence-corrected chi connectivity index (χ2v) is 11.2. The number of methoxy groups -OCH3 is 1. The van der Waals surface area contributed by atoms with Gasteiger partial charge in [-0.1, -0.05) is 12.6 Å². The Balaban J connectivity index is 1.38. The van der Waals surface area contributed by atoms with Gasteiger partial charge in [-0.15, -0.1) is 0 Å². The topological polar surface area (TPSA) is 123 Å². The van der Waals surface area contributed by atoms with Crippen molar-refractivity contribution in [2.24, 2.45) is 0 Å². The van der Waals surface area contributed by atoms with Crippen molar-refractivity contribution in [1.29, 1.82) is 0 Å². The normalized spacial score (nSPS) is 18.7. The van der Waals surface area contributed by atoms with E-state index in [4.69, 9.17) is 9.72 Å². The summed E-state index contributed by atoms with van der Waals surface area (Å²) in [5, 5.41) is 5.98. The molecule has 6 rings (SSSR count). The van der Waals surface area contributed by atoms with Crippen LogP contribution in [0.4, 0.5) is 34.5 Å². The average molecular weight is 597 g/mol. The van der Waals surface area contributed by atoms with E-state index in [0.717, 1.165) is 44.7 Å². The van der Waals surface area contributed by atoms with Gasteiger partial charge in [0.1, 0.15) is 17.4 Å². The molecular formula is C32H36N8O4. The van der Waals surface area contributed by atoms with Crippen molar-refractivity contribution in [3.05, 3.63) is 66.9 Å². The third-order valence-electron chi connectivity index (χ3n) is 8.34. The average Bonchev–Trinajstić information content (AvgIpc) is 3.13. The van der Waals surface area contributed by atoms with Crippen LogP contribution in [0, 0.1) is 0 Å². The van der Waals surface area contributed by atoms with Gasteiger partial charge in [0.15, 0.2) is 5.82 Å². The molecule has 2 saturated heterocycles. The number of nitrogens with one attached hydrogen (secondary N) is 2. The summed E-state index contributed by atoms with van der Waals surface area (Å²) < 4.78 is 5.72. The van der Waals surface area contributed by atoms with E-state index in [-0.39, 0.29) is 35.1 Å². The molecule has 2 fully saturated rings. The van der Waals surface area contributed by atoms with E-state index in [1.54, 1.807) is 36.3 Å². The number of rotatable bonds is 7. The number of piperazine rings is 1. The molecule has 3 aromatic rings. The molecule has 0 radical (unpaired) electrons. The SMILES string of the molecule is C=CC(=O)Nc1cccc(N2C(=O)C3CCCCN3C(=O)c3cnc(Nc4ccc(N5CCN(C)CC5)cc4OC)nc32)c1. The van der Waals surface area contributed by atoms with E-state index in [0.29, 0.717) is 35.8 Å². The predicted molar refractivity (Wildman–Crippen MR) is 169 cm³/mol. The first kappa shape index (κ1) is 29.1. The number of hydrogen-bond acceptors (Lipinski definition) is 9. The molecule has 0 aliphatic carbocycles. The molecule has 3 amide bonds. The second kappa shape index (κ2) is 12.3. The van der Waals surface area contributed by atoms with Gasteiger partial charge < -0.3 is 30.1 Å². The van der Waals surface area contributed by atoms with E-state index in [9.17, 15) is 14.4 Å². The van der Waals surface area contributed by atoms with Crippen molar-refractivity contribution in [2.75, 3.05) is 67.3 Å². The molecule has 0 spiro atoms. The number of piperidine rings is 1. The number of ether oxygens (including phenoxy) is 1. The van der Waals surface area contributed by atoms with E-state index in [1.165, 1.54) is 17.2 Å². The van der Waals surface area contributed by atoms with E-state index in [1.807, 2.05) is 18.2 Å². The Labute approximate surface area is 256 Å². The summed E-state index contributed by atoms with van der Waals surface area (Å²) in [6, 6.07) is 12.2. The van der Waals surface area contributed by atoms with Gasteiger partial charge in [0, 0.05) is 56.4 Å². The van der Waals surface area contributed by atoms with Crippen LogP contribution in [-0.2, 0) is 9.59 Å². The van der Waals surface area contributed by atoms with Crippen LogP contribution in [0.25, 0.3) is 0 Å². The molecule has 2 aromatic carbocycles. The molecular weight excluding hydrogens is 560 g/mol. The summed E-state index contributed by atoms with van der Waals surface area (Å²) in [4.78, 5) is 56.9. The van der Waals surface area contributed by atoms with Crippen LogP contribution < -0.4 is 25.2 Å². The van der Waals surface area contributed by atoms with Gasteiger partial charge in [-0.3, -0.25) is 19.3 Å². The first-order valence-corrected chi connectivity index (χ1v) is 14.8. The number of carbonyl (C=O) groups excluding carboxylic acids is 3. The van der Waals surface area contributed by atoms with E-state index in [2.05, 4.69) is 39.0 Å². The van der Waals surface area contributed by atoms with Gasteiger partial charge in [-0.2, -0.15) is 4.98 Å². The lowest BCUT2D eigenvalue weighted by Crippen LogP contribution is -2.49. The quantitative estimate of drug-likeness (QED) is 0.392. The van der Waals surface area contributed by atoms with Gasteiger partial charge in [0.2, 0.25) is 11.9 Å². The Morgan fingerprint density at radius 1 is 1.05 bits per heavy atom. The predicted octanol–water partition coefficient (Wildman–Crippen LogP) is 3.78. The molecule has 1 atom stereocenters. The zero-order valence-corrected chi connectivity index (χ0v) is 25.0. The number of nitrogens with zero attached hydrogens (tertiary/aromatic N) is 6. The first-order valence-electron chi connectivity index (χ1n) is 14.8. The third kappa shape index (κ3) is 5.68. The first-order chi connectivity index (χ1) is 21.4. The van der Waals surface area contributed by atoms with E-state index < -0.39 is 6.04 Å².